The number of rotatable bonds is 6. The second-order valence-corrected chi connectivity index (χ2v) is 6.79. The molecular weight excluding hydrogens is 268 g/mol. The predicted octanol–water partition coefficient (Wildman–Crippen LogP) is 1.31. The highest BCUT2D eigenvalue weighted by atomic mass is 32.2. The van der Waals surface area contributed by atoms with Crippen molar-refractivity contribution >= 4 is 15.8 Å². The van der Waals surface area contributed by atoms with Crippen LogP contribution >= 0.6 is 0 Å². The first-order valence-electron chi connectivity index (χ1n) is 6.23. The molecule has 1 atom stereocenters. The van der Waals surface area contributed by atoms with E-state index in [1.165, 1.54) is 10.9 Å². The van der Waals surface area contributed by atoms with Crippen LogP contribution in [0.4, 0.5) is 0 Å². The molecule has 6 nitrogen and oxygen atoms in total. The van der Waals surface area contributed by atoms with Crippen molar-refractivity contribution < 1.29 is 17.9 Å². The molecule has 0 spiro atoms. The van der Waals surface area contributed by atoms with Crippen molar-refractivity contribution in [2.24, 2.45) is 7.05 Å². The van der Waals surface area contributed by atoms with Gasteiger partial charge in [-0.3, -0.25) is 4.68 Å². The summed E-state index contributed by atoms with van der Waals surface area (Å²) < 4.78 is 30.5. The number of carbonyl (C=O) groups excluding carboxylic acids is 1. The molecule has 1 rings (SSSR count). The minimum absolute atomic E-state index is 0.202. The lowest BCUT2D eigenvalue weighted by Crippen LogP contribution is -2.21. The lowest BCUT2D eigenvalue weighted by molar-refractivity contribution is 0.0525. The maximum absolute atomic E-state index is 12.1. The normalized spacial score (nSPS) is 13.3. The second-order valence-electron chi connectivity index (χ2n) is 4.38. The highest BCUT2D eigenvalue weighted by Crippen LogP contribution is 2.17. The van der Waals surface area contributed by atoms with Crippen molar-refractivity contribution in [2.45, 2.75) is 38.2 Å². The van der Waals surface area contributed by atoms with E-state index < -0.39 is 21.1 Å². The summed E-state index contributed by atoms with van der Waals surface area (Å²) in [5.74, 6) is -0.739. The van der Waals surface area contributed by atoms with Crippen molar-refractivity contribution in [3.63, 3.8) is 0 Å². The zero-order valence-corrected chi connectivity index (χ0v) is 12.5. The summed E-state index contributed by atoms with van der Waals surface area (Å²) in [7, 11) is -1.68. The molecule has 0 aliphatic rings. The van der Waals surface area contributed by atoms with Gasteiger partial charge >= 0.3 is 5.97 Å². The number of sulfone groups is 1. The first kappa shape index (κ1) is 15.7. The zero-order valence-electron chi connectivity index (χ0n) is 11.7. The lowest BCUT2D eigenvalue weighted by Gasteiger charge is -2.11. The first-order chi connectivity index (χ1) is 8.83. The third-order valence-corrected chi connectivity index (χ3v) is 5.32. The fourth-order valence-corrected chi connectivity index (χ4v) is 3.12. The van der Waals surface area contributed by atoms with Gasteiger partial charge in [0.1, 0.15) is 5.56 Å². The van der Waals surface area contributed by atoms with Crippen LogP contribution in [0.2, 0.25) is 0 Å². The molecule has 0 radical (unpaired) electrons. The molecule has 7 heteroatoms. The Morgan fingerprint density at radius 2 is 2.11 bits per heavy atom. The summed E-state index contributed by atoms with van der Waals surface area (Å²) in [4.78, 5) is 11.7. The largest absolute Gasteiger partial charge is 0.462 e. The SMILES string of the molecule is CCOC(=O)c1cnn(C)c1CS(=O)(=O)C(C)CC. The van der Waals surface area contributed by atoms with Crippen LogP contribution in [-0.2, 0) is 27.4 Å². The van der Waals surface area contributed by atoms with Crippen molar-refractivity contribution in [3.8, 4) is 0 Å². The average Bonchev–Trinajstić information content (AvgIpc) is 2.70. The number of ether oxygens (including phenoxy) is 1. The Morgan fingerprint density at radius 3 is 2.63 bits per heavy atom. The molecule has 1 unspecified atom stereocenters. The molecule has 0 aromatic carbocycles. The molecule has 1 aromatic rings. The van der Waals surface area contributed by atoms with E-state index in [1.807, 2.05) is 6.92 Å². The third kappa shape index (κ3) is 3.56. The van der Waals surface area contributed by atoms with Gasteiger partial charge in [0.05, 0.1) is 29.5 Å². The molecule has 0 aliphatic carbocycles. The predicted molar refractivity (Wildman–Crippen MR) is 71.5 cm³/mol. The number of carbonyl (C=O) groups is 1. The number of aromatic nitrogens is 2. The van der Waals surface area contributed by atoms with Crippen molar-refractivity contribution in [2.75, 3.05) is 6.61 Å². The van der Waals surface area contributed by atoms with Gasteiger partial charge in [-0.1, -0.05) is 6.92 Å². The average molecular weight is 288 g/mol. The Morgan fingerprint density at radius 1 is 1.47 bits per heavy atom. The van der Waals surface area contributed by atoms with Crippen LogP contribution in [0.1, 0.15) is 43.2 Å². The third-order valence-electron chi connectivity index (χ3n) is 3.08. The summed E-state index contributed by atoms with van der Waals surface area (Å²) in [6.45, 7) is 5.42. The van der Waals surface area contributed by atoms with Gasteiger partial charge in [0.25, 0.3) is 0 Å². The highest BCUT2D eigenvalue weighted by Gasteiger charge is 2.26. The maximum atomic E-state index is 12.1. The van der Waals surface area contributed by atoms with Crippen LogP contribution in [0.15, 0.2) is 6.20 Å². The molecule has 0 bridgehead atoms. The quantitative estimate of drug-likeness (QED) is 0.737. The van der Waals surface area contributed by atoms with Crippen LogP contribution in [-0.4, -0.2) is 36.0 Å². The number of hydrogen-bond acceptors (Lipinski definition) is 5. The van der Waals surface area contributed by atoms with Crippen molar-refractivity contribution in [1.29, 1.82) is 0 Å². The Labute approximate surface area is 113 Å². The van der Waals surface area contributed by atoms with Crippen LogP contribution in [0, 0.1) is 0 Å². The molecule has 1 aromatic heterocycles. The summed E-state index contributed by atoms with van der Waals surface area (Å²) in [6, 6.07) is 0. The molecule has 0 amide bonds. The molecule has 0 saturated heterocycles. The molecule has 108 valence electrons. The Balaban J connectivity index is 3.08. The number of aryl methyl sites for hydroxylation is 1. The van der Waals surface area contributed by atoms with E-state index in [0.717, 1.165) is 0 Å². The van der Waals surface area contributed by atoms with E-state index in [9.17, 15) is 13.2 Å². The summed E-state index contributed by atoms with van der Waals surface area (Å²) in [6.07, 6.45) is 1.88. The van der Waals surface area contributed by atoms with Gasteiger partial charge in [0, 0.05) is 7.05 Å². The van der Waals surface area contributed by atoms with E-state index in [2.05, 4.69) is 5.10 Å². The van der Waals surface area contributed by atoms with Gasteiger partial charge in [0.15, 0.2) is 9.84 Å². The number of hydrogen-bond donors (Lipinski definition) is 0. The summed E-state index contributed by atoms with van der Waals surface area (Å²) in [5.41, 5.74) is 0.593. The Kier molecular flexibility index (Phi) is 5.11. The molecule has 0 N–H and O–H groups in total. The molecule has 0 saturated carbocycles. The standard InChI is InChI=1S/C12H20N2O4S/c1-5-9(3)19(16,17)8-11-10(7-13-14(11)4)12(15)18-6-2/h7,9H,5-6,8H2,1-4H3. The molecule has 0 aliphatic heterocycles. The topological polar surface area (TPSA) is 78.3 Å². The van der Waals surface area contributed by atoms with Gasteiger partial charge in [0.2, 0.25) is 0 Å². The van der Waals surface area contributed by atoms with E-state index in [1.54, 1.807) is 20.9 Å². The molecule has 0 fully saturated rings. The highest BCUT2D eigenvalue weighted by molar-refractivity contribution is 7.91. The van der Waals surface area contributed by atoms with Crippen LogP contribution < -0.4 is 0 Å². The van der Waals surface area contributed by atoms with E-state index in [0.29, 0.717) is 12.1 Å². The molecule has 19 heavy (non-hydrogen) atoms. The maximum Gasteiger partial charge on any atom is 0.341 e. The van der Waals surface area contributed by atoms with Gasteiger partial charge in [-0.05, 0) is 20.3 Å². The Bertz CT molecular complexity index is 548. The molecular formula is C12H20N2O4S. The second kappa shape index (κ2) is 6.18. The van der Waals surface area contributed by atoms with E-state index >= 15 is 0 Å². The van der Waals surface area contributed by atoms with Gasteiger partial charge in [-0.25, -0.2) is 13.2 Å². The smallest absolute Gasteiger partial charge is 0.341 e. The number of esters is 1. The van der Waals surface area contributed by atoms with Crippen molar-refractivity contribution in [1.82, 2.24) is 9.78 Å². The van der Waals surface area contributed by atoms with Gasteiger partial charge < -0.3 is 4.74 Å². The van der Waals surface area contributed by atoms with Gasteiger partial charge in [-0.15, -0.1) is 0 Å². The van der Waals surface area contributed by atoms with Crippen LogP contribution in [0.25, 0.3) is 0 Å². The zero-order chi connectivity index (χ0) is 14.6. The first-order valence-corrected chi connectivity index (χ1v) is 7.94. The minimum atomic E-state index is -3.30. The minimum Gasteiger partial charge on any atom is -0.462 e. The fourth-order valence-electron chi connectivity index (χ4n) is 1.60. The van der Waals surface area contributed by atoms with Crippen molar-refractivity contribution in [3.05, 3.63) is 17.5 Å². The van der Waals surface area contributed by atoms with Crippen LogP contribution in [0.5, 0.6) is 0 Å². The fraction of sp³-hybridized carbons (Fsp3) is 0.667. The Hall–Kier alpha value is -1.37. The summed E-state index contributed by atoms with van der Waals surface area (Å²) >= 11 is 0. The van der Waals surface area contributed by atoms with Gasteiger partial charge in [-0.2, -0.15) is 5.10 Å². The van der Waals surface area contributed by atoms with E-state index in [-0.39, 0.29) is 17.9 Å². The van der Waals surface area contributed by atoms with E-state index in [4.69, 9.17) is 4.74 Å². The monoisotopic (exact) mass is 288 g/mol. The van der Waals surface area contributed by atoms with Crippen LogP contribution in [0.3, 0.4) is 0 Å². The lowest BCUT2D eigenvalue weighted by atomic mass is 10.3. The summed E-state index contributed by atoms with van der Waals surface area (Å²) in [5, 5.41) is 3.49. The number of nitrogens with zero attached hydrogens (tertiary/aromatic N) is 2. The molecule has 1 heterocycles.